The van der Waals surface area contributed by atoms with Crippen molar-refractivity contribution in [2.75, 3.05) is 5.32 Å². The number of carbonyl (C=O) groups excluding carboxylic acids is 1. The normalized spacial score (nSPS) is 13.4. The number of benzene rings is 2. The molecule has 0 saturated heterocycles. The highest BCUT2D eigenvalue weighted by Crippen LogP contribution is 2.32. The molecule has 1 aliphatic rings. The fourth-order valence-electron chi connectivity index (χ4n) is 3.26. The average Bonchev–Trinajstić information content (AvgIpc) is 3.60. The van der Waals surface area contributed by atoms with E-state index in [4.69, 9.17) is 0 Å². The number of nitrogens with zero attached hydrogens (tertiary/aromatic N) is 5. The number of carbonyl (C=O) groups is 1. The maximum atomic E-state index is 12.1. The Morgan fingerprint density at radius 2 is 1.79 bits per heavy atom. The zero-order valence-corrected chi connectivity index (χ0v) is 15.8. The number of hydrogen-bond donors (Lipinski definition) is 1. The van der Waals surface area contributed by atoms with Gasteiger partial charge < -0.3 is 0 Å². The third-order valence-electron chi connectivity index (χ3n) is 5.03. The summed E-state index contributed by atoms with van der Waals surface area (Å²) in [5, 5.41) is 12.3. The van der Waals surface area contributed by atoms with Crippen molar-refractivity contribution in [2.45, 2.75) is 19.8 Å². The molecule has 7 nitrogen and oxygen atoms in total. The van der Waals surface area contributed by atoms with Crippen LogP contribution in [0.25, 0.3) is 33.4 Å². The van der Waals surface area contributed by atoms with Crippen LogP contribution in [0, 0.1) is 12.8 Å². The number of aryl methyl sites for hydroxylation is 1. The van der Waals surface area contributed by atoms with E-state index in [0.29, 0.717) is 11.4 Å². The standard InChI is InChI=1S/C22H18N6O/c1-13-17-11-16(9-10-18(17)24-12-23-13)20-19(14-5-3-2-4-6-14)25-22(28-27-20)26-21(29)15-7-8-15/h2-6,9-12,15H,7-8H2,1H3,(H,25,26,28,29). The van der Waals surface area contributed by atoms with E-state index >= 15 is 0 Å². The molecule has 1 aliphatic carbocycles. The van der Waals surface area contributed by atoms with Gasteiger partial charge in [0.25, 0.3) is 0 Å². The minimum atomic E-state index is -0.0444. The summed E-state index contributed by atoms with van der Waals surface area (Å²) in [5.74, 6) is 0.253. The number of nitrogens with one attached hydrogen (secondary N) is 1. The molecule has 4 aromatic rings. The number of fused-ring (bicyclic) bond motifs is 1. The summed E-state index contributed by atoms with van der Waals surface area (Å²) in [7, 11) is 0. The molecule has 29 heavy (non-hydrogen) atoms. The van der Waals surface area contributed by atoms with Crippen molar-refractivity contribution in [3.8, 4) is 22.5 Å². The predicted octanol–water partition coefficient (Wildman–Crippen LogP) is 3.81. The molecule has 5 rings (SSSR count). The fourth-order valence-corrected chi connectivity index (χ4v) is 3.26. The van der Waals surface area contributed by atoms with E-state index in [1.807, 2.05) is 55.5 Å². The minimum Gasteiger partial charge on any atom is -0.293 e. The zero-order valence-electron chi connectivity index (χ0n) is 15.8. The monoisotopic (exact) mass is 382 g/mol. The SMILES string of the molecule is Cc1ncnc2ccc(-c3nnc(NC(=O)C4CC4)nc3-c3ccccc3)cc12. The number of aromatic nitrogens is 5. The molecule has 1 fully saturated rings. The highest BCUT2D eigenvalue weighted by Gasteiger charge is 2.30. The number of anilines is 1. The third-order valence-corrected chi connectivity index (χ3v) is 5.03. The highest BCUT2D eigenvalue weighted by atomic mass is 16.2. The Bertz CT molecular complexity index is 1220. The first-order valence-electron chi connectivity index (χ1n) is 9.52. The second-order valence-electron chi connectivity index (χ2n) is 7.15. The van der Waals surface area contributed by atoms with Crippen LogP contribution in [0.3, 0.4) is 0 Å². The fraction of sp³-hybridized carbons (Fsp3) is 0.182. The lowest BCUT2D eigenvalue weighted by molar-refractivity contribution is -0.117. The second-order valence-corrected chi connectivity index (χ2v) is 7.15. The molecule has 1 amide bonds. The summed E-state index contributed by atoms with van der Waals surface area (Å²) in [4.78, 5) is 25.4. The third kappa shape index (κ3) is 3.42. The zero-order chi connectivity index (χ0) is 19.8. The van der Waals surface area contributed by atoms with E-state index in [-0.39, 0.29) is 17.8 Å². The Balaban J connectivity index is 1.63. The molecule has 2 heterocycles. The predicted molar refractivity (Wildman–Crippen MR) is 110 cm³/mol. The molecule has 0 radical (unpaired) electrons. The summed E-state index contributed by atoms with van der Waals surface area (Å²) < 4.78 is 0. The summed E-state index contributed by atoms with van der Waals surface area (Å²) in [5.41, 5.74) is 4.85. The molecule has 2 aromatic carbocycles. The van der Waals surface area contributed by atoms with Crippen molar-refractivity contribution < 1.29 is 4.79 Å². The van der Waals surface area contributed by atoms with Gasteiger partial charge in [-0.3, -0.25) is 10.1 Å². The van der Waals surface area contributed by atoms with Gasteiger partial charge in [-0.15, -0.1) is 10.2 Å². The van der Waals surface area contributed by atoms with E-state index in [0.717, 1.165) is 40.6 Å². The molecule has 2 aromatic heterocycles. The smallest absolute Gasteiger partial charge is 0.249 e. The first-order valence-corrected chi connectivity index (χ1v) is 9.52. The molecule has 0 unspecified atom stereocenters. The molecule has 0 atom stereocenters. The molecular formula is C22H18N6O. The molecular weight excluding hydrogens is 364 g/mol. The lowest BCUT2D eigenvalue weighted by atomic mass is 10.0. The van der Waals surface area contributed by atoms with Gasteiger partial charge in [-0.1, -0.05) is 36.4 Å². The number of hydrogen-bond acceptors (Lipinski definition) is 6. The summed E-state index contributed by atoms with van der Waals surface area (Å²) in [6.07, 6.45) is 3.40. The average molecular weight is 382 g/mol. The molecule has 142 valence electrons. The van der Waals surface area contributed by atoms with Crippen LogP contribution in [0.2, 0.25) is 0 Å². The van der Waals surface area contributed by atoms with Gasteiger partial charge in [0.2, 0.25) is 11.9 Å². The summed E-state index contributed by atoms with van der Waals surface area (Å²) >= 11 is 0. The van der Waals surface area contributed by atoms with Gasteiger partial charge in [-0.2, -0.15) is 0 Å². The van der Waals surface area contributed by atoms with Crippen LogP contribution >= 0.6 is 0 Å². The minimum absolute atomic E-state index is 0.0444. The molecule has 0 spiro atoms. The maximum Gasteiger partial charge on any atom is 0.249 e. The second kappa shape index (κ2) is 7.01. The van der Waals surface area contributed by atoms with Crippen LogP contribution in [0.1, 0.15) is 18.5 Å². The van der Waals surface area contributed by atoms with E-state index in [2.05, 4.69) is 30.5 Å². The molecule has 1 saturated carbocycles. The lowest BCUT2D eigenvalue weighted by Gasteiger charge is -2.11. The highest BCUT2D eigenvalue weighted by molar-refractivity contribution is 5.93. The van der Waals surface area contributed by atoms with Crippen molar-refractivity contribution in [3.05, 3.63) is 60.6 Å². The Labute approximate surface area is 167 Å². The molecule has 0 aliphatic heterocycles. The van der Waals surface area contributed by atoms with Crippen molar-refractivity contribution >= 4 is 22.8 Å². The van der Waals surface area contributed by atoms with Crippen molar-refractivity contribution in [1.29, 1.82) is 0 Å². The van der Waals surface area contributed by atoms with Gasteiger partial charge in [0.1, 0.15) is 17.7 Å². The molecule has 0 bridgehead atoms. The van der Waals surface area contributed by atoms with Gasteiger partial charge in [-0.25, -0.2) is 15.0 Å². The quantitative estimate of drug-likeness (QED) is 0.577. The first kappa shape index (κ1) is 17.4. The summed E-state index contributed by atoms with van der Waals surface area (Å²) in [6, 6.07) is 15.7. The maximum absolute atomic E-state index is 12.1. The topological polar surface area (TPSA) is 93.5 Å². The lowest BCUT2D eigenvalue weighted by Crippen LogP contribution is -2.16. The Morgan fingerprint density at radius 3 is 2.59 bits per heavy atom. The van der Waals surface area contributed by atoms with Crippen LogP contribution < -0.4 is 5.32 Å². The number of rotatable bonds is 4. The van der Waals surface area contributed by atoms with Crippen LogP contribution in [-0.2, 0) is 4.79 Å². The summed E-state index contributed by atoms with van der Waals surface area (Å²) in [6.45, 7) is 1.95. The van der Waals surface area contributed by atoms with E-state index in [1.54, 1.807) is 6.33 Å². The Hall–Kier alpha value is -3.74. The van der Waals surface area contributed by atoms with Gasteiger partial charge in [0.05, 0.1) is 5.52 Å². The van der Waals surface area contributed by atoms with Crippen LogP contribution in [-0.4, -0.2) is 31.1 Å². The first-order chi connectivity index (χ1) is 14.2. The van der Waals surface area contributed by atoms with Gasteiger partial charge in [0, 0.05) is 28.1 Å². The van der Waals surface area contributed by atoms with Crippen LogP contribution in [0.15, 0.2) is 54.9 Å². The molecule has 1 N–H and O–H groups in total. The number of amides is 1. The van der Waals surface area contributed by atoms with E-state index < -0.39 is 0 Å². The van der Waals surface area contributed by atoms with Crippen molar-refractivity contribution in [2.24, 2.45) is 5.92 Å². The Kier molecular flexibility index (Phi) is 4.20. The van der Waals surface area contributed by atoms with Gasteiger partial charge in [-0.05, 0) is 31.9 Å². The van der Waals surface area contributed by atoms with E-state index in [1.165, 1.54) is 0 Å². The van der Waals surface area contributed by atoms with Crippen LogP contribution in [0.5, 0.6) is 0 Å². The van der Waals surface area contributed by atoms with Crippen molar-refractivity contribution in [3.63, 3.8) is 0 Å². The van der Waals surface area contributed by atoms with Gasteiger partial charge in [0.15, 0.2) is 0 Å². The van der Waals surface area contributed by atoms with Crippen LogP contribution in [0.4, 0.5) is 5.95 Å². The van der Waals surface area contributed by atoms with Gasteiger partial charge >= 0.3 is 0 Å². The molecule has 7 heteroatoms. The van der Waals surface area contributed by atoms with E-state index in [9.17, 15) is 4.79 Å². The largest absolute Gasteiger partial charge is 0.293 e. The Morgan fingerprint density at radius 1 is 0.966 bits per heavy atom. The van der Waals surface area contributed by atoms with Crippen molar-refractivity contribution in [1.82, 2.24) is 25.1 Å².